The molecule has 0 bridgehead atoms. The lowest BCUT2D eigenvalue weighted by atomic mass is 10.2. The van der Waals surface area contributed by atoms with Crippen molar-refractivity contribution in [3.8, 4) is 0 Å². The molecule has 1 aromatic heterocycles. The summed E-state index contributed by atoms with van der Waals surface area (Å²) in [6.45, 7) is -0.341. The van der Waals surface area contributed by atoms with E-state index in [1.165, 1.54) is 10.2 Å². The molecule has 2 aromatic rings. The minimum Gasteiger partial charge on any atom is -0.266 e. The SMILES string of the molecule is FC(F)Cn1cc(SCc2ccccc2)cn1. The molecule has 0 aliphatic carbocycles. The van der Waals surface area contributed by atoms with Gasteiger partial charge in [0, 0.05) is 16.8 Å². The first-order chi connectivity index (χ1) is 8.24. The van der Waals surface area contributed by atoms with E-state index in [2.05, 4.69) is 5.10 Å². The zero-order valence-electron chi connectivity index (χ0n) is 9.09. The molecule has 0 atom stereocenters. The van der Waals surface area contributed by atoms with Crippen LogP contribution in [0.25, 0.3) is 0 Å². The molecule has 0 aliphatic heterocycles. The molecular formula is C12H12F2N2S. The molecule has 1 aromatic carbocycles. The summed E-state index contributed by atoms with van der Waals surface area (Å²) in [5.74, 6) is 0.821. The van der Waals surface area contributed by atoms with Gasteiger partial charge in [0.15, 0.2) is 0 Å². The Morgan fingerprint density at radius 2 is 2.00 bits per heavy atom. The Labute approximate surface area is 103 Å². The van der Waals surface area contributed by atoms with Crippen LogP contribution in [0.3, 0.4) is 0 Å². The van der Waals surface area contributed by atoms with Crippen molar-refractivity contribution in [2.45, 2.75) is 23.6 Å². The minimum atomic E-state index is -2.36. The summed E-state index contributed by atoms with van der Waals surface area (Å²) in [5, 5.41) is 3.88. The summed E-state index contributed by atoms with van der Waals surface area (Å²) >= 11 is 1.59. The van der Waals surface area contributed by atoms with Gasteiger partial charge in [-0.05, 0) is 5.56 Å². The first kappa shape index (κ1) is 12.1. The van der Waals surface area contributed by atoms with E-state index in [4.69, 9.17) is 0 Å². The van der Waals surface area contributed by atoms with Crippen molar-refractivity contribution < 1.29 is 8.78 Å². The fourth-order valence-corrected chi connectivity index (χ4v) is 2.24. The van der Waals surface area contributed by atoms with Gasteiger partial charge in [-0.15, -0.1) is 11.8 Å². The van der Waals surface area contributed by atoms with Crippen LogP contribution in [0.15, 0.2) is 47.6 Å². The third kappa shape index (κ3) is 3.85. The van der Waals surface area contributed by atoms with Crippen LogP contribution in [-0.2, 0) is 12.3 Å². The second kappa shape index (κ2) is 5.82. The lowest BCUT2D eigenvalue weighted by molar-refractivity contribution is 0.121. The smallest absolute Gasteiger partial charge is 0.257 e. The fraction of sp³-hybridized carbons (Fsp3) is 0.250. The van der Waals surface area contributed by atoms with Crippen LogP contribution < -0.4 is 0 Å². The van der Waals surface area contributed by atoms with Gasteiger partial charge in [0.25, 0.3) is 6.43 Å². The summed E-state index contributed by atoms with van der Waals surface area (Å²) in [4.78, 5) is 0.912. The number of thioether (sulfide) groups is 1. The van der Waals surface area contributed by atoms with Crippen LogP contribution in [0.5, 0.6) is 0 Å². The molecule has 0 N–H and O–H groups in total. The van der Waals surface area contributed by atoms with E-state index in [-0.39, 0.29) is 6.54 Å². The molecule has 17 heavy (non-hydrogen) atoms. The highest BCUT2D eigenvalue weighted by Gasteiger charge is 2.05. The van der Waals surface area contributed by atoms with Crippen LogP contribution in [0.2, 0.25) is 0 Å². The predicted octanol–water partition coefficient (Wildman–Crippen LogP) is 3.44. The molecule has 2 rings (SSSR count). The number of benzene rings is 1. The van der Waals surface area contributed by atoms with Crippen molar-refractivity contribution in [3.05, 3.63) is 48.3 Å². The second-order valence-electron chi connectivity index (χ2n) is 3.56. The molecule has 0 saturated carbocycles. The molecule has 0 aliphatic rings. The van der Waals surface area contributed by atoms with E-state index < -0.39 is 6.43 Å². The lowest BCUT2D eigenvalue weighted by Gasteiger charge is -1.99. The average molecular weight is 254 g/mol. The first-order valence-corrected chi connectivity index (χ1v) is 6.20. The van der Waals surface area contributed by atoms with Gasteiger partial charge in [0.05, 0.1) is 6.20 Å². The average Bonchev–Trinajstić information content (AvgIpc) is 2.75. The van der Waals surface area contributed by atoms with Crippen molar-refractivity contribution in [1.82, 2.24) is 9.78 Å². The highest BCUT2D eigenvalue weighted by molar-refractivity contribution is 7.98. The van der Waals surface area contributed by atoms with E-state index in [1.807, 2.05) is 30.3 Å². The van der Waals surface area contributed by atoms with Gasteiger partial charge in [0.1, 0.15) is 6.54 Å². The van der Waals surface area contributed by atoms with Gasteiger partial charge in [-0.3, -0.25) is 4.68 Å². The van der Waals surface area contributed by atoms with E-state index in [0.717, 1.165) is 10.6 Å². The van der Waals surface area contributed by atoms with E-state index in [1.54, 1.807) is 24.2 Å². The van der Waals surface area contributed by atoms with E-state index >= 15 is 0 Å². The highest BCUT2D eigenvalue weighted by atomic mass is 32.2. The topological polar surface area (TPSA) is 17.8 Å². The van der Waals surface area contributed by atoms with Crippen LogP contribution in [0.1, 0.15) is 5.56 Å². The quantitative estimate of drug-likeness (QED) is 0.761. The van der Waals surface area contributed by atoms with Crippen LogP contribution in [0.4, 0.5) is 8.78 Å². The third-order valence-corrected chi connectivity index (χ3v) is 3.20. The Bertz CT molecular complexity index is 457. The zero-order valence-corrected chi connectivity index (χ0v) is 9.91. The van der Waals surface area contributed by atoms with E-state index in [0.29, 0.717) is 0 Å². The molecular weight excluding hydrogens is 242 g/mol. The van der Waals surface area contributed by atoms with Crippen molar-refractivity contribution in [2.24, 2.45) is 0 Å². The first-order valence-electron chi connectivity index (χ1n) is 5.21. The molecule has 0 unspecified atom stereocenters. The number of aromatic nitrogens is 2. The second-order valence-corrected chi connectivity index (χ2v) is 4.61. The Hall–Kier alpha value is -1.36. The Morgan fingerprint density at radius 1 is 1.24 bits per heavy atom. The third-order valence-electron chi connectivity index (χ3n) is 2.18. The molecule has 0 radical (unpaired) electrons. The van der Waals surface area contributed by atoms with Crippen LogP contribution >= 0.6 is 11.8 Å². The maximum atomic E-state index is 12.1. The molecule has 0 amide bonds. The fourth-order valence-electron chi connectivity index (χ4n) is 1.40. The number of halogens is 2. The number of nitrogens with zero attached hydrogens (tertiary/aromatic N) is 2. The van der Waals surface area contributed by atoms with Gasteiger partial charge < -0.3 is 0 Å². The summed E-state index contributed by atoms with van der Waals surface area (Å²) in [6.07, 6.45) is 0.914. The van der Waals surface area contributed by atoms with Gasteiger partial charge in [0.2, 0.25) is 0 Å². The highest BCUT2D eigenvalue weighted by Crippen LogP contribution is 2.21. The largest absolute Gasteiger partial charge is 0.266 e. The van der Waals surface area contributed by atoms with Gasteiger partial charge in [-0.25, -0.2) is 8.78 Å². The predicted molar refractivity (Wildman–Crippen MR) is 64.2 cm³/mol. The molecule has 1 heterocycles. The number of hydrogen-bond acceptors (Lipinski definition) is 2. The summed E-state index contributed by atoms with van der Waals surface area (Å²) < 4.78 is 25.5. The summed E-state index contributed by atoms with van der Waals surface area (Å²) in [7, 11) is 0. The summed E-state index contributed by atoms with van der Waals surface area (Å²) in [5.41, 5.74) is 1.21. The maximum Gasteiger partial charge on any atom is 0.257 e. The summed E-state index contributed by atoms with van der Waals surface area (Å²) in [6, 6.07) is 10.0. The Morgan fingerprint density at radius 3 is 2.71 bits per heavy atom. The molecule has 0 spiro atoms. The lowest BCUT2D eigenvalue weighted by Crippen LogP contribution is -2.06. The van der Waals surface area contributed by atoms with E-state index in [9.17, 15) is 8.78 Å². The normalized spacial score (nSPS) is 11.0. The van der Waals surface area contributed by atoms with Gasteiger partial charge in [-0.2, -0.15) is 5.10 Å². The monoisotopic (exact) mass is 254 g/mol. The zero-order chi connectivity index (χ0) is 12.1. The van der Waals surface area contributed by atoms with Crippen molar-refractivity contribution in [1.29, 1.82) is 0 Å². The van der Waals surface area contributed by atoms with Gasteiger partial charge >= 0.3 is 0 Å². The molecule has 2 nitrogen and oxygen atoms in total. The number of hydrogen-bond donors (Lipinski definition) is 0. The Kier molecular flexibility index (Phi) is 4.14. The van der Waals surface area contributed by atoms with Crippen LogP contribution in [0, 0.1) is 0 Å². The van der Waals surface area contributed by atoms with Gasteiger partial charge in [-0.1, -0.05) is 30.3 Å². The Balaban J connectivity index is 1.89. The molecule has 0 saturated heterocycles. The minimum absolute atomic E-state index is 0.341. The standard InChI is InChI=1S/C12H12F2N2S/c13-12(14)8-16-7-11(6-15-16)17-9-10-4-2-1-3-5-10/h1-7,12H,8-9H2. The van der Waals surface area contributed by atoms with Crippen LogP contribution in [-0.4, -0.2) is 16.2 Å². The number of alkyl halides is 2. The van der Waals surface area contributed by atoms with Crippen molar-refractivity contribution in [2.75, 3.05) is 0 Å². The maximum absolute atomic E-state index is 12.1. The molecule has 0 fully saturated rings. The number of rotatable bonds is 5. The molecule has 90 valence electrons. The molecule has 5 heteroatoms. The van der Waals surface area contributed by atoms with Crippen molar-refractivity contribution >= 4 is 11.8 Å². The van der Waals surface area contributed by atoms with Crippen molar-refractivity contribution in [3.63, 3.8) is 0 Å².